The van der Waals surface area contributed by atoms with Crippen LogP contribution in [0.3, 0.4) is 0 Å². The molecule has 0 heterocycles. The minimum absolute atomic E-state index is 0.0202. The molecule has 9 heteroatoms. The van der Waals surface area contributed by atoms with Crippen LogP contribution in [-0.4, -0.2) is 45.7 Å². The Bertz CT molecular complexity index is 875. The molecular formula is C18H21ClN2O5S. The first-order valence-corrected chi connectivity index (χ1v) is 10.0. The van der Waals surface area contributed by atoms with Crippen molar-refractivity contribution in [2.75, 3.05) is 20.3 Å². The van der Waals surface area contributed by atoms with Crippen molar-refractivity contribution >= 4 is 27.5 Å². The second-order valence-corrected chi connectivity index (χ2v) is 7.79. The van der Waals surface area contributed by atoms with Crippen LogP contribution in [0.15, 0.2) is 53.4 Å². The van der Waals surface area contributed by atoms with Crippen molar-refractivity contribution in [3.63, 3.8) is 0 Å². The Kier molecular flexibility index (Phi) is 7.61. The number of aliphatic hydroxyl groups is 1. The van der Waals surface area contributed by atoms with E-state index in [2.05, 4.69) is 10.0 Å². The zero-order chi connectivity index (χ0) is 19.9. The molecular weight excluding hydrogens is 392 g/mol. The molecule has 0 saturated carbocycles. The van der Waals surface area contributed by atoms with E-state index in [4.69, 9.17) is 21.4 Å². The van der Waals surface area contributed by atoms with Crippen LogP contribution in [0.4, 0.5) is 0 Å². The van der Waals surface area contributed by atoms with E-state index in [-0.39, 0.29) is 35.2 Å². The van der Waals surface area contributed by atoms with Crippen LogP contribution in [-0.2, 0) is 21.2 Å². The number of sulfonamides is 1. The van der Waals surface area contributed by atoms with Crippen molar-refractivity contribution < 1.29 is 23.1 Å². The number of halogens is 1. The summed E-state index contributed by atoms with van der Waals surface area (Å²) in [6, 6.07) is 12.1. The summed E-state index contributed by atoms with van der Waals surface area (Å²) >= 11 is 5.92. The van der Waals surface area contributed by atoms with E-state index in [1.165, 1.54) is 25.3 Å². The van der Waals surface area contributed by atoms with Gasteiger partial charge in [0, 0.05) is 11.6 Å². The van der Waals surface area contributed by atoms with Crippen LogP contribution in [0.25, 0.3) is 0 Å². The van der Waals surface area contributed by atoms with Crippen molar-refractivity contribution in [2.24, 2.45) is 0 Å². The molecule has 1 unspecified atom stereocenters. The molecule has 1 amide bonds. The molecule has 0 saturated heterocycles. The van der Waals surface area contributed by atoms with Crippen LogP contribution < -0.4 is 14.8 Å². The Hall–Kier alpha value is -2.13. The summed E-state index contributed by atoms with van der Waals surface area (Å²) in [5.41, 5.74) is 0.780. The Balaban J connectivity index is 2.32. The van der Waals surface area contributed by atoms with Gasteiger partial charge in [-0.2, -0.15) is 4.72 Å². The Morgan fingerprint density at radius 1 is 1.22 bits per heavy atom. The number of nitrogens with one attached hydrogen (secondary N) is 2. The monoisotopic (exact) mass is 412 g/mol. The number of aliphatic hydroxyl groups excluding tert-OH is 1. The van der Waals surface area contributed by atoms with E-state index < -0.39 is 22.0 Å². The van der Waals surface area contributed by atoms with Gasteiger partial charge in [-0.1, -0.05) is 41.9 Å². The maximum atomic E-state index is 12.9. The first-order chi connectivity index (χ1) is 12.9. The molecule has 27 heavy (non-hydrogen) atoms. The second-order valence-electron chi connectivity index (χ2n) is 5.67. The summed E-state index contributed by atoms with van der Waals surface area (Å²) in [4.78, 5) is 12.3. The lowest BCUT2D eigenvalue weighted by molar-refractivity contribution is -0.122. The van der Waals surface area contributed by atoms with Gasteiger partial charge in [-0.05, 0) is 30.2 Å². The van der Waals surface area contributed by atoms with Crippen molar-refractivity contribution in [1.29, 1.82) is 0 Å². The number of benzene rings is 2. The standard InChI is InChI=1S/C18H21ClN2O5S/c1-26-16-8-7-14(19)12-17(16)27(24,25)21-15(18(23)20-9-10-22)11-13-5-3-2-4-6-13/h2-8,12,15,21-22H,9-11H2,1H3,(H,20,23). The minimum atomic E-state index is -4.10. The zero-order valence-electron chi connectivity index (χ0n) is 14.7. The van der Waals surface area contributed by atoms with E-state index in [9.17, 15) is 13.2 Å². The van der Waals surface area contributed by atoms with Gasteiger partial charge in [-0.25, -0.2) is 8.42 Å². The Labute approximate surface area is 163 Å². The summed E-state index contributed by atoms with van der Waals surface area (Å²) in [6.07, 6.45) is 0.139. The highest BCUT2D eigenvalue weighted by molar-refractivity contribution is 7.89. The van der Waals surface area contributed by atoms with Crippen molar-refractivity contribution in [2.45, 2.75) is 17.4 Å². The van der Waals surface area contributed by atoms with Gasteiger partial charge in [0.05, 0.1) is 13.7 Å². The third kappa shape index (κ3) is 5.93. The second kappa shape index (κ2) is 9.70. The summed E-state index contributed by atoms with van der Waals surface area (Å²) < 4.78 is 33.2. The molecule has 0 aliphatic carbocycles. The fourth-order valence-corrected chi connectivity index (χ4v) is 4.08. The minimum Gasteiger partial charge on any atom is -0.495 e. The molecule has 1 atom stereocenters. The molecule has 0 fully saturated rings. The van der Waals surface area contributed by atoms with E-state index in [0.29, 0.717) is 0 Å². The fraction of sp³-hybridized carbons (Fsp3) is 0.278. The highest BCUT2D eigenvalue weighted by Crippen LogP contribution is 2.27. The third-order valence-electron chi connectivity index (χ3n) is 3.72. The van der Waals surface area contributed by atoms with Gasteiger partial charge < -0.3 is 15.2 Å². The van der Waals surface area contributed by atoms with Gasteiger partial charge >= 0.3 is 0 Å². The van der Waals surface area contributed by atoms with Crippen LogP contribution in [0.5, 0.6) is 5.75 Å². The van der Waals surface area contributed by atoms with Crippen LogP contribution in [0, 0.1) is 0 Å². The lowest BCUT2D eigenvalue weighted by atomic mass is 10.1. The molecule has 3 N–H and O–H groups in total. The van der Waals surface area contributed by atoms with Crippen LogP contribution in [0.2, 0.25) is 5.02 Å². The Morgan fingerprint density at radius 2 is 1.93 bits per heavy atom. The highest BCUT2D eigenvalue weighted by atomic mass is 35.5. The summed E-state index contributed by atoms with van der Waals surface area (Å²) in [5, 5.41) is 11.6. The highest BCUT2D eigenvalue weighted by Gasteiger charge is 2.28. The molecule has 2 rings (SSSR count). The molecule has 2 aromatic rings. The van der Waals surface area contributed by atoms with Gasteiger partial charge in [0.15, 0.2) is 0 Å². The lowest BCUT2D eigenvalue weighted by Crippen LogP contribution is -2.48. The molecule has 0 bridgehead atoms. The lowest BCUT2D eigenvalue weighted by Gasteiger charge is -2.19. The average Bonchev–Trinajstić information content (AvgIpc) is 2.66. The molecule has 146 valence electrons. The van der Waals surface area contributed by atoms with Gasteiger partial charge in [-0.3, -0.25) is 4.79 Å². The van der Waals surface area contributed by atoms with E-state index in [1.54, 1.807) is 24.3 Å². The smallest absolute Gasteiger partial charge is 0.245 e. The third-order valence-corrected chi connectivity index (χ3v) is 5.45. The SMILES string of the molecule is COc1ccc(Cl)cc1S(=O)(=O)NC(Cc1ccccc1)C(=O)NCCO. The zero-order valence-corrected chi connectivity index (χ0v) is 16.3. The molecule has 7 nitrogen and oxygen atoms in total. The number of amides is 1. The van der Waals surface area contributed by atoms with Gasteiger partial charge in [0.25, 0.3) is 0 Å². The first-order valence-electron chi connectivity index (χ1n) is 8.15. The van der Waals surface area contributed by atoms with Gasteiger partial charge in [0.2, 0.25) is 15.9 Å². The molecule has 0 spiro atoms. The van der Waals surface area contributed by atoms with Crippen molar-refractivity contribution in [1.82, 2.24) is 10.0 Å². The van der Waals surface area contributed by atoms with E-state index >= 15 is 0 Å². The fourth-order valence-electron chi connectivity index (χ4n) is 2.45. The number of methoxy groups -OCH3 is 1. The number of hydrogen-bond donors (Lipinski definition) is 3. The molecule has 2 aromatic carbocycles. The molecule has 0 aliphatic heterocycles. The van der Waals surface area contributed by atoms with E-state index in [1.807, 2.05) is 6.07 Å². The quantitative estimate of drug-likeness (QED) is 0.576. The topological polar surface area (TPSA) is 105 Å². The first kappa shape index (κ1) is 21.2. The van der Waals surface area contributed by atoms with E-state index in [0.717, 1.165) is 5.56 Å². The summed E-state index contributed by atoms with van der Waals surface area (Å²) in [6.45, 7) is -0.231. The predicted octanol–water partition coefficient (Wildman–Crippen LogP) is 1.35. The van der Waals surface area contributed by atoms with Gasteiger partial charge in [0.1, 0.15) is 16.7 Å². The maximum absolute atomic E-state index is 12.9. The van der Waals surface area contributed by atoms with Crippen molar-refractivity contribution in [3.05, 3.63) is 59.1 Å². The number of hydrogen-bond acceptors (Lipinski definition) is 5. The van der Waals surface area contributed by atoms with Crippen molar-refractivity contribution in [3.8, 4) is 5.75 Å². The summed E-state index contributed by atoms with van der Waals surface area (Å²) in [5.74, 6) is -0.432. The summed E-state index contributed by atoms with van der Waals surface area (Å²) in [7, 11) is -2.75. The molecule has 0 radical (unpaired) electrons. The number of carbonyl (C=O) groups excluding carboxylic acids is 1. The van der Waals surface area contributed by atoms with Gasteiger partial charge in [-0.15, -0.1) is 0 Å². The Morgan fingerprint density at radius 3 is 2.56 bits per heavy atom. The largest absolute Gasteiger partial charge is 0.495 e. The predicted molar refractivity (Wildman–Crippen MR) is 102 cm³/mol. The molecule has 0 aliphatic rings. The number of rotatable bonds is 9. The van der Waals surface area contributed by atoms with Crippen LogP contribution in [0.1, 0.15) is 5.56 Å². The number of ether oxygens (including phenoxy) is 1. The molecule has 0 aromatic heterocycles. The maximum Gasteiger partial charge on any atom is 0.245 e. The van der Waals surface area contributed by atoms with Crippen LogP contribution >= 0.6 is 11.6 Å². The number of carbonyl (C=O) groups is 1. The normalized spacial score (nSPS) is 12.4. The average molecular weight is 413 g/mol.